The van der Waals surface area contributed by atoms with Crippen LogP contribution in [0.5, 0.6) is 5.75 Å². The number of carbonyl (C=O) groups is 1. The van der Waals surface area contributed by atoms with Crippen LogP contribution in [0.2, 0.25) is 0 Å². The molecule has 0 saturated heterocycles. The van der Waals surface area contributed by atoms with Gasteiger partial charge in [-0.05, 0) is 38.8 Å². The molecule has 0 fully saturated rings. The highest BCUT2D eigenvalue weighted by Gasteiger charge is 2.28. The molecule has 1 aromatic carbocycles. The lowest BCUT2D eigenvalue weighted by molar-refractivity contribution is -0.117. The predicted octanol–water partition coefficient (Wildman–Crippen LogP) is 3.51. The van der Waals surface area contributed by atoms with E-state index in [1.807, 2.05) is 31.9 Å². The summed E-state index contributed by atoms with van der Waals surface area (Å²) >= 11 is 0. The maximum absolute atomic E-state index is 13.6. The summed E-state index contributed by atoms with van der Waals surface area (Å²) in [7, 11) is 3.30. The van der Waals surface area contributed by atoms with E-state index in [9.17, 15) is 13.6 Å². The van der Waals surface area contributed by atoms with Crippen LogP contribution in [0, 0.1) is 18.6 Å². The fourth-order valence-corrected chi connectivity index (χ4v) is 3.74. The zero-order chi connectivity index (χ0) is 23.0. The highest BCUT2D eigenvalue weighted by Crippen LogP contribution is 2.33. The summed E-state index contributed by atoms with van der Waals surface area (Å²) in [5.74, 6) is -1.70. The zero-order valence-electron chi connectivity index (χ0n) is 18.3. The van der Waals surface area contributed by atoms with Gasteiger partial charge in [0.05, 0.1) is 36.4 Å². The van der Waals surface area contributed by atoms with E-state index in [0.717, 1.165) is 40.6 Å². The van der Waals surface area contributed by atoms with Crippen molar-refractivity contribution in [3.63, 3.8) is 0 Å². The van der Waals surface area contributed by atoms with Crippen molar-refractivity contribution in [2.24, 2.45) is 0 Å². The van der Waals surface area contributed by atoms with Gasteiger partial charge < -0.3 is 15.0 Å². The third kappa shape index (κ3) is 4.79. The van der Waals surface area contributed by atoms with E-state index in [-0.39, 0.29) is 31.7 Å². The quantitative estimate of drug-likeness (QED) is 0.609. The summed E-state index contributed by atoms with van der Waals surface area (Å²) in [6.45, 7) is 3.93. The third-order valence-corrected chi connectivity index (χ3v) is 5.70. The molecule has 4 rings (SSSR count). The number of rotatable bonds is 6. The Balaban J connectivity index is 0.00000306. The van der Waals surface area contributed by atoms with Crippen LogP contribution in [0.3, 0.4) is 0 Å². The van der Waals surface area contributed by atoms with Crippen LogP contribution in [0.15, 0.2) is 24.4 Å². The van der Waals surface area contributed by atoms with E-state index in [4.69, 9.17) is 4.74 Å². The van der Waals surface area contributed by atoms with Gasteiger partial charge in [0.1, 0.15) is 11.8 Å². The number of hydrogen-bond donors (Lipinski definition) is 1. The van der Waals surface area contributed by atoms with E-state index in [2.05, 4.69) is 20.6 Å². The van der Waals surface area contributed by atoms with E-state index >= 15 is 0 Å². The SMILES string of the molecule is C.COc1cc(F)c(F)cc1Cn1cc(CCc2cc3c(c(C)n2)NC(=O)[C@H](C)N3C)nn1. The van der Waals surface area contributed by atoms with Crippen molar-refractivity contribution in [2.75, 3.05) is 24.4 Å². The summed E-state index contributed by atoms with van der Waals surface area (Å²) < 4.78 is 33.8. The van der Waals surface area contributed by atoms with Crippen molar-refractivity contribution in [3.8, 4) is 5.75 Å². The van der Waals surface area contributed by atoms with Crippen molar-refractivity contribution in [1.82, 2.24) is 20.0 Å². The number of pyridine rings is 1. The molecule has 0 spiro atoms. The molecule has 1 amide bonds. The Morgan fingerprint density at radius 3 is 2.58 bits per heavy atom. The van der Waals surface area contributed by atoms with Gasteiger partial charge in [-0.1, -0.05) is 12.6 Å². The van der Waals surface area contributed by atoms with Crippen molar-refractivity contribution < 1.29 is 18.3 Å². The van der Waals surface area contributed by atoms with E-state index < -0.39 is 11.6 Å². The average Bonchev–Trinajstić information content (AvgIpc) is 3.21. The molecule has 0 unspecified atom stereocenters. The molecule has 1 aliphatic rings. The van der Waals surface area contributed by atoms with E-state index in [1.165, 1.54) is 7.11 Å². The second kappa shape index (κ2) is 9.51. The number of hydrogen-bond acceptors (Lipinski definition) is 6. The van der Waals surface area contributed by atoms with Gasteiger partial charge in [0.15, 0.2) is 11.6 Å². The lowest BCUT2D eigenvalue weighted by atomic mass is 10.1. The summed E-state index contributed by atoms with van der Waals surface area (Å²) in [5, 5.41) is 11.2. The first-order valence-electron chi connectivity index (χ1n) is 10.2. The second-order valence-corrected chi connectivity index (χ2v) is 7.85. The number of aryl methyl sites for hydroxylation is 3. The molecule has 1 atom stereocenters. The molecule has 33 heavy (non-hydrogen) atoms. The highest BCUT2D eigenvalue weighted by atomic mass is 19.2. The summed E-state index contributed by atoms with van der Waals surface area (Å²) in [5.41, 5.74) is 4.54. The molecule has 0 radical (unpaired) electrons. The number of aromatic nitrogens is 4. The van der Waals surface area contributed by atoms with Gasteiger partial charge in [0.2, 0.25) is 5.91 Å². The largest absolute Gasteiger partial charge is 0.496 e. The van der Waals surface area contributed by atoms with Crippen LogP contribution in [-0.2, 0) is 24.2 Å². The summed E-state index contributed by atoms with van der Waals surface area (Å²) in [6.07, 6.45) is 3.00. The minimum absolute atomic E-state index is 0. The second-order valence-electron chi connectivity index (χ2n) is 7.85. The van der Waals surface area contributed by atoms with Crippen molar-refractivity contribution in [2.45, 2.75) is 46.7 Å². The van der Waals surface area contributed by atoms with Crippen LogP contribution in [-0.4, -0.2) is 46.1 Å². The minimum atomic E-state index is -0.961. The first-order valence-corrected chi connectivity index (χ1v) is 10.2. The van der Waals surface area contributed by atoms with Crippen LogP contribution in [0.4, 0.5) is 20.2 Å². The van der Waals surface area contributed by atoms with Gasteiger partial charge in [-0.15, -0.1) is 5.10 Å². The van der Waals surface area contributed by atoms with Gasteiger partial charge in [-0.3, -0.25) is 9.78 Å². The number of methoxy groups -OCH3 is 1. The fourth-order valence-electron chi connectivity index (χ4n) is 3.74. The number of anilines is 2. The van der Waals surface area contributed by atoms with Crippen LogP contribution in [0.25, 0.3) is 0 Å². The molecule has 176 valence electrons. The third-order valence-electron chi connectivity index (χ3n) is 5.70. The molecular weight excluding hydrogens is 430 g/mol. The number of amides is 1. The summed E-state index contributed by atoms with van der Waals surface area (Å²) in [6, 6.07) is 3.85. The van der Waals surface area contributed by atoms with Crippen molar-refractivity contribution >= 4 is 17.3 Å². The number of carbonyl (C=O) groups excluding carboxylic acids is 1. The van der Waals surface area contributed by atoms with E-state index in [1.54, 1.807) is 10.9 Å². The number of halogens is 2. The smallest absolute Gasteiger partial charge is 0.246 e. The number of likely N-dealkylation sites (N-methyl/N-ethyl adjacent to an activating group) is 1. The monoisotopic (exact) mass is 458 g/mol. The fraction of sp³-hybridized carbons (Fsp3) is 0.391. The average molecular weight is 459 g/mol. The van der Waals surface area contributed by atoms with Crippen molar-refractivity contribution in [1.29, 1.82) is 0 Å². The zero-order valence-corrected chi connectivity index (χ0v) is 18.3. The predicted molar refractivity (Wildman–Crippen MR) is 122 cm³/mol. The standard InChI is InChI=1S/C22H24F2N6O2.CH4/c1-12-21-19(29(3)13(2)22(31)26-21)8-15(25-12)5-6-16-11-30(28-27-16)10-14-7-17(23)18(24)9-20(14)32-4;/h7-9,11,13H,5-6,10H2,1-4H3,(H,26,31);1H4/t13-;/m0./s1. The van der Waals surface area contributed by atoms with Gasteiger partial charge in [-0.25, -0.2) is 13.5 Å². The molecule has 0 saturated carbocycles. The molecule has 8 nitrogen and oxygen atoms in total. The number of fused-ring (bicyclic) bond motifs is 1. The first kappa shape index (κ1) is 24.1. The van der Waals surface area contributed by atoms with Gasteiger partial charge in [0.25, 0.3) is 0 Å². The molecule has 3 aromatic rings. The first-order chi connectivity index (χ1) is 15.3. The summed E-state index contributed by atoms with van der Waals surface area (Å²) in [4.78, 5) is 18.6. The lowest BCUT2D eigenvalue weighted by Gasteiger charge is -2.34. The van der Waals surface area contributed by atoms with Crippen LogP contribution in [0.1, 0.15) is 37.0 Å². The molecule has 10 heteroatoms. The molecule has 2 aromatic heterocycles. The number of nitrogens with zero attached hydrogens (tertiary/aromatic N) is 5. The van der Waals surface area contributed by atoms with Gasteiger partial charge in [0, 0.05) is 30.6 Å². The molecule has 0 aliphatic carbocycles. The molecular formula is C23H28F2N6O2. The molecule has 0 bridgehead atoms. The van der Waals surface area contributed by atoms with Gasteiger partial charge in [-0.2, -0.15) is 0 Å². The number of nitrogens with one attached hydrogen (secondary N) is 1. The Bertz CT molecular complexity index is 1180. The van der Waals surface area contributed by atoms with Crippen molar-refractivity contribution in [3.05, 3.63) is 58.7 Å². The maximum Gasteiger partial charge on any atom is 0.246 e. The Labute approximate surface area is 191 Å². The van der Waals surface area contributed by atoms with Gasteiger partial charge >= 0.3 is 0 Å². The lowest BCUT2D eigenvalue weighted by Crippen LogP contribution is -2.44. The molecule has 1 aliphatic heterocycles. The Morgan fingerprint density at radius 1 is 1.15 bits per heavy atom. The Morgan fingerprint density at radius 2 is 1.85 bits per heavy atom. The highest BCUT2D eigenvalue weighted by molar-refractivity contribution is 6.03. The van der Waals surface area contributed by atoms with E-state index in [0.29, 0.717) is 18.4 Å². The Kier molecular flexibility index (Phi) is 6.95. The topological polar surface area (TPSA) is 85.2 Å². The maximum atomic E-state index is 13.6. The minimum Gasteiger partial charge on any atom is -0.496 e. The Hall–Kier alpha value is -3.56. The molecule has 3 heterocycles. The van der Waals surface area contributed by atoms with Crippen LogP contribution >= 0.6 is 0 Å². The normalized spacial score (nSPS) is 15.0. The van der Waals surface area contributed by atoms with Crippen LogP contribution < -0.4 is 15.0 Å². The molecule has 1 N–H and O–H groups in total. The number of ether oxygens (including phenoxy) is 1. The number of benzene rings is 1.